The van der Waals surface area contributed by atoms with E-state index in [0.29, 0.717) is 11.3 Å². The van der Waals surface area contributed by atoms with Gasteiger partial charge in [-0.2, -0.15) is 0 Å². The fourth-order valence-electron chi connectivity index (χ4n) is 1.19. The minimum absolute atomic E-state index is 0.275. The minimum Gasteiger partial charge on any atom is -0.497 e. The van der Waals surface area contributed by atoms with Crippen LogP contribution in [0.15, 0.2) is 24.3 Å². The van der Waals surface area contributed by atoms with Gasteiger partial charge in [-0.1, -0.05) is 6.07 Å². The van der Waals surface area contributed by atoms with E-state index in [-0.39, 0.29) is 5.56 Å². The largest absolute Gasteiger partial charge is 0.497 e. The van der Waals surface area contributed by atoms with Crippen LogP contribution in [-0.2, 0) is 4.79 Å². The van der Waals surface area contributed by atoms with Gasteiger partial charge in [0.1, 0.15) is 5.75 Å². The van der Waals surface area contributed by atoms with Gasteiger partial charge in [0.2, 0.25) is 11.8 Å². The summed E-state index contributed by atoms with van der Waals surface area (Å²) >= 11 is 0. The van der Waals surface area contributed by atoms with Gasteiger partial charge in [-0.05, 0) is 23.8 Å². The van der Waals surface area contributed by atoms with Gasteiger partial charge in [0.25, 0.3) is 0 Å². The summed E-state index contributed by atoms with van der Waals surface area (Å²) in [4.78, 5) is 21.7. The SMILES string of the molecule is COc1ccc(C=CC(N)=O)c(C(N)=O)c1. The van der Waals surface area contributed by atoms with Crippen LogP contribution in [0.1, 0.15) is 15.9 Å². The molecule has 0 aliphatic rings. The Kier molecular flexibility index (Phi) is 3.66. The molecule has 0 aliphatic heterocycles. The molecule has 0 saturated carbocycles. The van der Waals surface area contributed by atoms with Gasteiger partial charge in [0.15, 0.2) is 0 Å². The summed E-state index contributed by atoms with van der Waals surface area (Å²) in [5, 5.41) is 0. The molecular formula is C11H12N2O3. The van der Waals surface area contributed by atoms with Crippen LogP contribution in [0.5, 0.6) is 5.75 Å². The first-order valence-electron chi connectivity index (χ1n) is 4.50. The number of benzene rings is 1. The van der Waals surface area contributed by atoms with E-state index in [4.69, 9.17) is 16.2 Å². The van der Waals surface area contributed by atoms with E-state index < -0.39 is 11.8 Å². The monoisotopic (exact) mass is 220 g/mol. The molecule has 0 fully saturated rings. The number of methoxy groups -OCH3 is 1. The highest BCUT2D eigenvalue weighted by atomic mass is 16.5. The van der Waals surface area contributed by atoms with E-state index in [1.54, 1.807) is 12.1 Å². The molecule has 1 aromatic rings. The molecule has 0 atom stereocenters. The fraction of sp³-hybridized carbons (Fsp3) is 0.0909. The molecule has 16 heavy (non-hydrogen) atoms. The molecule has 0 saturated heterocycles. The molecule has 0 radical (unpaired) electrons. The lowest BCUT2D eigenvalue weighted by Gasteiger charge is -2.05. The zero-order valence-electron chi connectivity index (χ0n) is 8.77. The maximum Gasteiger partial charge on any atom is 0.249 e. The van der Waals surface area contributed by atoms with Crippen LogP contribution in [0.2, 0.25) is 0 Å². The minimum atomic E-state index is -0.594. The number of nitrogens with two attached hydrogens (primary N) is 2. The number of carbonyl (C=O) groups is 2. The number of rotatable bonds is 4. The lowest BCUT2D eigenvalue weighted by molar-refractivity contribution is -0.113. The van der Waals surface area contributed by atoms with Gasteiger partial charge in [0, 0.05) is 11.6 Å². The summed E-state index contributed by atoms with van der Waals surface area (Å²) in [7, 11) is 1.49. The molecular weight excluding hydrogens is 208 g/mol. The van der Waals surface area contributed by atoms with E-state index in [2.05, 4.69) is 0 Å². The first-order chi connectivity index (χ1) is 7.54. The second kappa shape index (κ2) is 4.97. The molecule has 4 N–H and O–H groups in total. The smallest absolute Gasteiger partial charge is 0.249 e. The zero-order chi connectivity index (χ0) is 12.1. The number of hydrogen-bond donors (Lipinski definition) is 2. The third-order valence-corrected chi connectivity index (χ3v) is 1.95. The topological polar surface area (TPSA) is 95.4 Å². The summed E-state index contributed by atoms with van der Waals surface area (Å²) < 4.78 is 4.96. The summed E-state index contributed by atoms with van der Waals surface area (Å²) in [5.74, 6) is -0.667. The van der Waals surface area contributed by atoms with Gasteiger partial charge < -0.3 is 16.2 Å². The van der Waals surface area contributed by atoms with E-state index in [0.717, 1.165) is 6.08 Å². The van der Waals surface area contributed by atoms with Gasteiger partial charge in [-0.15, -0.1) is 0 Å². The van der Waals surface area contributed by atoms with Crippen molar-refractivity contribution in [1.29, 1.82) is 0 Å². The Bertz CT molecular complexity index is 453. The van der Waals surface area contributed by atoms with Crippen molar-refractivity contribution >= 4 is 17.9 Å². The van der Waals surface area contributed by atoms with Crippen molar-refractivity contribution in [2.75, 3.05) is 7.11 Å². The van der Waals surface area contributed by atoms with Gasteiger partial charge in [-0.3, -0.25) is 9.59 Å². The lowest BCUT2D eigenvalue weighted by Crippen LogP contribution is -2.13. The summed E-state index contributed by atoms with van der Waals surface area (Å²) in [6.45, 7) is 0. The first kappa shape index (κ1) is 11.8. The van der Waals surface area contributed by atoms with Crippen molar-refractivity contribution in [3.63, 3.8) is 0 Å². The van der Waals surface area contributed by atoms with E-state index in [9.17, 15) is 9.59 Å². The molecule has 0 spiro atoms. The van der Waals surface area contributed by atoms with Crippen LogP contribution >= 0.6 is 0 Å². The average molecular weight is 220 g/mol. The van der Waals surface area contributed by atoms with Gasteiger partial charge in [0.05, 0.1) is 7.11 Å². The number of amides is 2. The van der Waals surface area contributed by atoms with Crippen molar-refractivity contribution in [2.45, 2.75) is 0 Å². The Hall–Kier alpha value is -2.30. The highest BCUT2D eigenvalue weighted by Gasteiger charge is 2.07. The van der Waals surface area contributed by atoms with Crippen molar-refractivity contribution in [1.82, 2.24) is 0 Å². The maximum absolute atomic E-state index is 11.2. The highest BCUT2D eigenvalue weighted by molar-refractivity contribution is 5.99. The van der Waals surface area contributed by atoms with Gasteiger partial charge >= 0.3 is 0 Å². The average Bonchev–Trinajstić information content (AvgIpc) is 2.25. The van der Waals surface area contributed by atoms with Gasteiger partial charge in [-0.25, -0.2) is 0 Å². The molecule has 0 aromatic heterocycles. The predicted octanol–water partition coefficient (Wildman–Crippen LogP) is 0.293. The van der Waals surface area contributed by atoms with Crippen molar-refractivity contribution in [3.8, 4) is 5.75 Å². The maximum atomic E-state index is 11.2. The second-order valence-electron chi connectivity index (χ2n) is 3.05. The summed E-state index contributed by atoms with van der Waals surface area (Å²) in [6, 6.07) is 4.79. The van der Waals surface area contributed by atoms with Crippen LogP contribution in [0.25, 0.3) is 6.08 Å². The van der Waals surface area contributed by atoms with Crippen LogP contribution in [0.4, 0.5) is 0 Å². The number of primary amides is 2. The van der Waals surface area contributed by atoms with Crippen LogP contribution < -0.4 is 16.2 Å². The summed E-state index contributed by atoms with van der Waals surface area (Å²) in [5.41, 5.74) is 11.0. The van der Waals surface area contributed by atoms with Crippen molar-refractivity contribution in [2.24, 2.45) is 11.5 Å². The molecule has 0 aliphatic carbocycles. The Labute approximate surface area is 92.7 Å². The molecule has 84 valence electrons. The third-order valence-electron chi connectivity index (χ3n) is 1.95. The first-order valence-corrected chi connectivity index (χ1v) is 4.50. The van der Waals surface area contributed by atoms with Crippen LogP contribution in [0, 0.1) is 0 Å². The van der Waals surface area contributed by atoms with Crippen LogP contribution in [0.3, 0.4) is 0 Å². The zero-order valence-corrected chi connectivity index (χ0v) is 8.77. The fourth-order valence-corrected chi connectivity index (χ4v) is 1.19. The molecule has 0 bridgehead atoms. The number of hydrogen-bond acceptors (Lipinski definition) is 3. The molecule has 0 heterocycles. The molecule has 5 nitrogen and oxygen atoms in total. The summed E-state index contributed by atoms with van der Waals surface area (Å²) in [6.07, 6.45) is 2.59. The lowest BCUT2D eigenvalue weighted by atomic mass is 10.1. The van der Waals surface area contributed by atoms with Crippen molar-refractivity contribution in [3.05, 3.63) is 35.4 Å². The quantitative estimate of drug-likeness (QED) is 0.714. The van der Waals surface area contributed by atoms with E-state index in [1.165, 1.54) is 19.3 Å². The third kappa shape index (κ3) is 2.84. The highest BCUT2D eigenvalue weighted by Crippen LogP contribution is 2.18. The predicted molar refractivity (Wildman–Crippen MR) is 59.7 cm³/mol. The molecule has 2 amide bonds. The standard InChI is InChI=1S/C11H12N2O3/c1-16-8-4-2-7(3-5-10(12)14)9(6-8)11(13)15/h2-6H,1H3,(H2,12,14)(H2,13,15). The molecule has 0 unspecified atom stereocenters. The van der Waals surface area contributed by atoms with Crippen LogP contribution in [-0.4, -0.2) is 18.9 Å². The molecule has 5 heteroatoms. The Morgan fingerprint density at radius 2 is 2.00 bits per heavy atom. The number of ether oxygens (including phenoxy) is 1. The van der Waals surface area contributed by atoms with Crippen molar-refractivity contribution < 1.29 is 14.3 Å². The second-order valence-corrected chi connectivity index (χ2v) is 3.05. The van der Waals surface area contributed by atoms with E-state index in [1.807, 2.05) is 0 Å². The van der Waals surface area contributed by atoms with E-state index >= 15 is 0 Å². The normalized spacial score (nSPS) is 10.3. The molecule has 1 rings (SSSR count). The Balaban J connectivity index is 3.18. The Morgan fingerprint density at radius 1 is 1.31 bits per heavy atom. The molecule has 1 aromatic carbocycles. The number of carbonyl (C=O) groups excluding carboxylic acids is 2. The Morgan fingerprint density at radius 3 is 2.50 bits per heavy atom.